The first kappa shape index (κ1) is 21.6. The van der Waals surface area contributed by atoms with E-state index in [1.165, 1.54) is 11.3 Å². The number of hydrogen-bond acceptors (Lipinski definition) is 6. The monoisotopic (exact) mass is 460 g/mol. The van der Waals surface area contributed by atoms with E-state index in [9.17, 15) is 0 Å². The van der Waals surface area contributed by atoms with Crippen molar-refractivity contribution in [3.8, 4) is 17.0 Å². The number of nitrogens with one attached hydrogen (secondary N) is 2. The van der Waals surface area contributed by atoms with Gasteiger partial charge in [-0.1, -0.05) is 13.8 Å². The van der Waals surface area contributed by atoms with Gasteiger partial charge in [-0.3, -0.25) is 4.98 Å². The minimum absolute atomic E-state index is 0.313. The van der Waals surface area contributed by atoms with Crippen molar-refractivity contribution in [1.82, 2.24) is 29.9 Å². The molecule has 0 amide bonds. The Labute approximate surface area is 199 Å². The molecule has 2 fully saturated rings. The maximum Gasteiger partial charge on any atom is 0.197 e. The molecule has 6 rings (SSSR count). The number of pyridine rings is 2. The molecular weight excluding hydrogens is 428 g/mol. The predicted molar refractivity (Wildman–Crippen MR) is 131 cm³/mol. The van der Waals surface area contributed by atoms with E-state index >= 15 is 0 Å². The van der Waals surface area contributed by atoms with Crippen LogP contribution in [0.15, 0.2) is 30.7 Å². The fourth-order valence-corrected chi connectivity index (χ4v) is 5.49. The summed E-state index contributed by atoms with van der Waals surface area (Å²) in [6.07, 6.45) is 8.11. The van der Waals surface area contributed by atoms with E-state index in [2.05, 4.69) is 46.4 Å². The fourth-order valence-electron chi connectivity index (χ4n) is 5.49. The summed E-state index contributed by atoms with van der Waals surface area (Å²) in [6, 6.07) is 7.62. The highest BCUT2D eigenvalue weighted by Gasteiger charge is 2.33. The maximum atomic E-state index is 5.59. The van der Waals surface area contributed by atoms with Gasteiger partial charge in [-0.2, -0.15) is 5.10 Å². The van der Waals surface area contributed by atoms with Crippen LogP contribution in [0.1, 0.15) is 62.6 Å². The standard InChI is InChI=1S/C26H32N6O2/c1-15(2)23-24(17-12-22(33-3)26-27-14-28-32(26)13-17)31-21-5-4-20(30-25(21)23)16-10-19(11-16)29-18-6-8-34-9-7-18/h4-5,12-16,18-19,29,31H,6-11H2,1-3H3. The highest BCUT2D eigenvalue weighted by Crippen LogP contribution is 2.40. The normalized spacial score (nSPS) is 21.4. The Balaban J connectivity index is 1.30. The van der Waals surface area contributed by atoms with Crippen LogP contribution in [0.4, 0.5) is 0 Å². The van der Waals surface area contributed by atoms with Gasteiger partial charge in [0.1, 0.15) is 6.33 Å². The van der Waals surface area contributed by atoms with Crippen molar-refractivity contribution < 1.29 is 9.47 Å². The van der Waals surface area contributed by atoms with Crippen molar-refractivity contribution in [3.05, 3.63) is 42.0 Å². The first-order valence-electron chi connectivity index (χ1n) is 12.3. The van der Waals surface area contributed by atoms with Crippen molar-refractivity contribution in [2.24, 2.45) is 0 Å². The molecule has 4 aromatic rings. The third kappa shape index (κ3) is 3.75. The van der Waals surface area contributed by atoms with Crippen LogP contribution >= 0.6 is 0 Å². The molecule has 8 nitrogen and oxygen atoms in total. The van der Waals surface area contributed by atoms with E-state index in [4.69, 9.17) is 14.5 Å². The molecule has 0 unspecified atom stereocenters. The van der Waals surface area contributed by atoms with E-state index in [0.717, 1.165) is 61.2 Å². The number of hydrogen-bond donors (Lipinski definition) is 2. The second kappa shape index (κ2) is 8.67. The summed E-state index contributed by atoms with van der Waals surface area (Å²) in [6.45, 7) is 6.22. The summed E-state index contributed by atoms with van der Waals surface area (Å²) in [4.78, 5) is 13.1. The zero-order chi connectivity index (χ0) is 23.2. The summed E-state index contributed by atoms with van der Waals surface area (Å²) >= 11 is 0. The minimum Gasteiger partial charge on any atom is -0.493 e. The van der Waals surface area contributed by atoms with Crippen molar-refractivity contribution in [3.63, 3.8) is 0 Å². The first-order chi connectivity index (χ1) is 16.6. The van der Waals surface area contributed by atoms with Crippen molar-refractivity contribution in [2.75, 3.05) is 20.3 Å². The van der Waals surface area contributed by atoms with Crippen molar-refractivity contribution >= 4 is 16.7 Å². The van der Waals surface area contributed by atoms with Crippen LogP contribution in [0.25, 0.3) is 27.9 Å². The van der Waals surface area contributed by atoms with Crippen LogP contribution < -0.4 is 10.1 Å². The molecule has 0 spiro atoms. The third-order valence-corrected chi connectivity index (χ3v) is 7.38. The highest BCUT2D eigenvalue weighted by atomic mass is 16.5. The molecule has 0 radical (unpaired) electrons. The Kier molecular flexibility index (Phi) is 5.50. The van der Waals surface area contributed by atoms with Crippen LogP contribution in [-0.4, -0.2) is 57.0 Å². The van der Waals surface area contributed by atoms with Crippen LogP contribution in [-0.2, 0) is 4.74 Å². The average molecular weight is 461 g/mol. The van der Waals surface area contributed by atoms with E-state index in [-0.39, 0.29) is 0 Å². The lowest BCUT2D eigenvalue weighted by Crippen LogP contribution is -2.47. The van der Waals surface area contributed by atoms with Gasteiger partial charge in [-0.25, -0.2) is 9.50 Å². The summed E-state index contributed by atoms with van der Waals surface area (Å²) in [5.74, 6) is 1.54. The zero-order valence-electron chi connectivity index (χ0n) is 20.0. The Morgan fingerprint density at radius 2 is 2.00 bits per heavy atom. The summed E-state index contributed by atoms with van der Waals surface area (Å²) in [5, 5.41) is 8.16. The fraction of sp³-hybridized carbons (Fsp3) is 0.500. The second-order valence-corrected chi connectivity index (χ2v) is 9.94. The van der Waals surface area contributed by atoms with Gasteiger partial charge < -0.3 is 19.8 Å². The number of methoxy groups -OCH3 is 1. The number of rotatable bonds is 6. The lowest BCUT2D eigenvalue weighted by Gasteiger charge is -2.39. The van der Waals surface area contributed by atoms with Gasteiger partial charge in [0.25, 0.3) is 0 Å². The summed E-state index contributed by atoms with van der Waals surface area (Å²) < 4.78 is 12.9. The topological polar surface area (TPSA) is 89.4 Å². The largest absolute Gasteiger partial charge is 0.493 e. The molecule has 1 aliphatic carbocycles. The van der Waals surface area contributed by atoms with Gasteiger partial charge >= 0.3 is 0 Å². The van der Waals surface area contributed by atoms with Crippen LogP contribution in [0.2, 0.25) is 0 Å². The molecule has 178 valence electrons. The molecule has 5 heterocycles. The van der Waals surface area contributed by atoms with Gasteiger partial charge in [0.05, 0.1) is 23.8 Å². The van der Waals surface area contributed by atoms with Gasteiger partial charge in [-0.05, 0) is 49.8 Å². The predicted octanol–water partition coefficient (Wildman–Crippen LogP) is 4.42. The van der Waals surface area contributed by atoms with Crippen molar-refractivity contribution in [2.45, 2.75) is 63.5 Å². The molecule has 0 atom stereocenters. The number of aromatic amines is 1. The Morgan fingerprint density at radius 1 is 1.18 bits per heavy atom. The molecule has 1 aliphatic heterocycles. The Hall–Kier alpha value is -2.97. The number of H-pyrrole nitrogens is 1. The SMILES string of the molecule is COc1cc(-c2[nH]c3ccc(C4CC(NC5CCOCC5)C4)nc3c2C(C)C)cn2ncnc12. The number of aromatic nitrogens is 5. The highest BCUT2D eigenvalue weighted by molar-refractivity contribution is 5.89. The van der Waals surface area contributed by atoms with E-state index in [1.807, 2.05) is 12.3 Å². The van der Waals surface area contributed by atoms with E-state index < -0.39 is 0 Å². The molecule has 0 aromatic carbocycles. The van der Waals surface area contributed by atoms with Crippen LogP contribution in [0.3, 0.4) is 0 Å². The molecule has 0 bridgehead atoms. The number of ether oxygens (including phenoxy) is 2. The van der Waals surface area contributed by atoms with Crippen molar-refractivity contribution in [1.29, 1.82) is 0 Å². The lowest BCUT2D eigenvalue weighted by molar-refractivity contribution is 0.0696. The Bertz CT molecular complexity index is 1310. The molecule has 8 heteroatoms. The van der Waals surface area contributed by atoms with Gasteiger partial charge in [-0.15, -0.1) is 0 Å². The molecular formula is C26H32N6O2. The summed E-state index contributed by atoms with van der Waals surface area (Å²) in [5.41, 5.74) is 7.37. The number of fused-ring (bicyclic) bond motifs is 2. The van der Waals surface area contributed by atoms with Gasteiger partial charge in [0.2, 0.25) is 0 Å². The minimum atomic E-state index is 0.313. The zero-order valence-corrected chi connectivity index (χ0v) is 20.0. The first-order valence-corrected chi connectivity index (χ1v) is 12.3. The van der Waals surface area contributed by atoms with Crippen LogP contribution in [0.5, 0.6) is 5.75 Å². The van der Waals surface area contributed by atoms with Gasteiger partial charge in [0.15, 0.2) is 11.4 Å². The molecule has 4 aromatic heterocycles. The lowest BCUT2D eigenvalue weighted by atomic mass is 9.77. The molecule has 2 N–H and O–H groups in total. The molecule has 1 saturated heterocycles. The molecule has 34 heavy (non-hydrogen) atoms. The number of nitrogens with zero attached hydrogens (tertiary/aromatic N) is 4. The van der Waals surface area contributed by atoms with E-state index in [0.29, 0.717) is 35.3 Å². The van der Waals surface area contributed by atoms with Gasteiger partial charge in [0, 0.05) is 54.2 Å². The molecule has 2 aliphatic rings. The van der Waals surface area contributed by atoms with Crippen LogP contribution in [0, 0.1) is 0 Å². The molecule has 1 saturated carbocycles. The Morgan fingerprint density at radius 3 is 2.76 bits per heavy atom. The third-order valence-electron chi connectivity index (χ3n) is 7.38. The quantitative estimate of drug-likeness (QED) is 0.443. The maximum absolute atomic E-state index is 5.59. The average Bonchev–Trinajstić information content (AvgIpc) is 3.45. The summed E-state index contributed by atoms with van der Waals surface area (Å²) in [7, 11) is 1.67. The second-order valence-electron chi connectivity index (χ2n) is 9.94. The van der Waals surface area contributed by atoms with E-state index in [1.54, 1.807) is 18.0 Å². The smallest absolute Gasteiger partial charge is 0.197 e.